The Morgan fingerprint density at radius 1 is 1.41 bits per heavy atom. The molecule has 22 heavy (non-hydrogen) atoms. The second-order valence-electron chi connectivity index (χ2n) is 5.38. The highest BCUT2D eigenvalue weighted by Crippen LogP contribution is 2.25. The lowest BCUT2D eigenvalue weighted by molar-refractivity contribution is -0.118. The molecule has 116 valence electrons. The van der Waals surface area contributed by atoms with Crippen LogP contribution in [0.1, 0.15) is 12.0 Å². The van der Waals surface area contributed by atoms with Crippen molar-refractivity contribution in [1.82, 2.24) is 15.1 Å². The Kier molecular flexibility index (Phi) is 3.89. The van der Waals surface area contributed by atoms with Gasteiger partial charge >= 0.3 is 0 Å². The van der Waals surface area contributed by atoms with Gasteiger partial charge in [0, 0.05) is 24.5 Å². The van der Waals surface area contributed by atoms with E-state index in [2.05, 4.69) is 15.7 Å². The number of nitrogens with one attached hydrogen (secondary N) is 2. The van der Waals surface area contributed by atoms with Crippen LogP contribution in [0.4, 0.5) is 14.5 Å². The van der Waals surface area contributed by atoms with E-state index in [1.165, 1.54) is 0 Å². The standard InChI is InChI=1S/C15H16F2N4O/c16-15(17)8-13(18-10-15)14(22)20-12-4-2-11(3-5-12)9-21-7-1-6-19-21/h1-7,13,18H,8-10H2,(H,20,22). The van der Waals surface area contributed by atoms with E-state index in [1.807, 2.05) is 24.4 Å². The van der Waals surface area contributed by atoms with Crippen molar-refractivity contribution in [3.63, 3.8) is 0 Å². The molecule has 1 aliphatic heterocycles. The van der Waals surface area contributed by atoms with Gasteiger partial charge in [-0.15, -0.1) is 0 Å². The summed E-state index contributed by atoms with van der Waals surface area (Å²) in [4.78, 5) is 11.9. The van der Waals surface area contributed by atoms with Gasteiger partial charge in [-0.05, 0) is 23.8 Å². The minimum atomic E-state index is -2.81. The molecule has 1 aliphatic rings. The molecule has 1 aromatic heterocycles. The zero-order valence-corrected chi connectivity index (χ0v) is 11.8. The van der Waals surface area contributed by atoms with Crippen LogP contribution in [0.3, 0.4) is 0 Å². The lowest BCUT2D eigenvalue weighted by Crippen LogP contribution is -2.35. The molecule has 1 amide bonds. The second kappa shape index (κ2) is 5.84. The van der Waals surface area contributed by atoms with Gasteiger partial charge in [-0.3, -0.25) is 14.8 Å². The average molecular weight is 306 g/mol. The van der Waals surface area contributed by atoms with Crippen LogP contribution in [-0.2, 0) is 11.3 Å². The van der Waals surface area contributed by atoms with Crippen molar-refractivity contribution in [3.8, 4) is 0 Å². The van der Waals surface area contributed by atoms with E-state index in [1.54, 1.807) is 23.0 Å². The summed E-state index contributed by atoms with van der Waals surface area (Å²) in [5.74, 6) is -3.24. The van der Waals surface area contributed by atoms with Gasteiger partial charge < -0.3 is 5.32 Å². The van der Waals surface area contributed by atoms with Crippen LogP contribution in [0.5, 0.6) is 0 Å². The first-order valence-corrected chi connectivity index (χ1v) is 7.00. The van der Waals surface area contributed by atoms with Crippen molar-refractivity contribution in [2.75, 3.05) is 11.9 Å². The van der Waals surface area contributed by atoms with E-state index in [0.717, 1.165) is 5.56 Å². The van der Waals surface area contributed by atoms with Crippen LogP contribution in [0.2, 0.25) is 0 Å². The number of hydrogen-bond acceptors (Lipinski definition) is 3. The molecule has 0 bridgehead atoms. The first kappa shape index (κ1) is 14.6. The Morgan fingerprint density at radius 2 is 2.18 bits per heavy atom. The van der Waals surface area contributed by atoms with E-state index >= 15 is 0 Å². The predicted octanol–water partition coefficient (Wildman–Crippen LogP) is 1.87. The van der Waals surface area contributed by atoms with Gasteiger partial charge in [0.25, 0.3) is 5.92 Å². The van der Waals surface area contributed by atoms with Crippen molar-refractivity contribution < 1.29 is 13.6 Å². The zero-order chi connectivity index (χ0) is 15.6. The summed E-state index contributed by atoms with van der Waals surface area (Å²) in [7, 11) is 0. The monoisotopic (exact) mass is 306 g/mol. The molecule has 1 unspecified atom stereocenters. The number of rotatable bonds is 4. The lowest BCUT2D eigenvalue weighted by Gasteiger charge is -2.11. The highest BCUT2D eigenvalue weighted by molar-refractivity contribution is 5.95. The van der Waals surface area contributed by atoms with Crippen molar-refractivity contribution in [2.24, 2.45) is 0 Å². The fourth-order valence-corrected chi connectivity index (χ4v) is 2.40. The quantitative estimate of drug-likeness (QED) is 0.906. The fourth-order valence-electron chi connectivity index (χ4n) is 2.40. The van der Waals surface area contributed by atoms with Crippen molar-refractivity contribution in [1.29, 1.82) is 0 Å². The van der Waals surface area contributed by atoms with Crippen LogP contribution in [0.15, 0.2) is 42.7 Å². The predicted molar refractivity (Wildman–Crippen MR) is 77.8 cm³/mol. The van der Waals surface area contributed by atoms with Gasteiger partial charge in [0.15, 0.2) is 0 Å². The van der Waals surface area contributed by atoms with Gasteiger partial charge in [-0.2, -0.15) is 5.10 Å². The molecule has 5 nitrogen and oxygen atoms in total. The number of hydrogen-bond donors (Lipinski definition) is 2. The molecule has 7 heteroatoms. The molecule has 1 aromatic carbocycles. The second-order valence-corrected chi connectivity index (χ2v) is 5.38. The number of anilines is 1. The van der Waals surface area contributed by atoms with Crippen LogP contribution >= 0.6 is 0 Å². The van der Waals surface area contributed by atoms with E-state index in [9.17, 15) is 13.6 Å². The molecule has 2 aromatic rings. The molecule has 0 saturated carbocycles. The number of carbonyl (C=O) groups excluding carboxylic acids is 1. The molecule has 3 rings (SSSR count). The summed E-state index contributed by atoms with van der Waals surface area (Å²) in [6.07, 6.45) is 3.11. The van der Waals surface area contributed by atoms with Gasteiger partial charge in [0.2, 0.25) is 5.91 Å². The molecule has 1 fully saturated rings. The van der Waals surface area contributed by atoms with Gasteiger partial charge in [-0.25, -0.2) is 8.78 Å². The maximum absolute atomic E-state index is 13.1. The number of carbonyl (C=O) groups is 1. The van der Waals surface area contributed by atoms with Crippen LogP contribution < -0.4 is 10.6 Å². The van der Waals surface area contributed by atoms with E-state index in [0.29, 0.717) is 12.2 Å². The van der Waals surface area contributed by atoms with Gasteiger partial charge in [0.05, 0.1) is 19.1 Å². The van der Waals surface area contributed by atoms with Crippen LogP contribution in [0, 0.1) is 0 Å². The normalized spacial score (nSPS) is 20.0. The number of alkyl halides is 2. The smallest absolute Gasteiger partial charge is 0.262 e. The molecule has 1 saturated heterocycles. The van der Waals surface area contributed by atoms with Crippen LogP contribution in [0.25, 0.3) is 0 Å². The third-order valence-corrected chi connectivity index (χ3v) is 3.55. The Bertz CT molecular complexity index is 640. The third-order valence-electron chi connectivity index (χ3n) is 3.55. The molecule has 0 radical (unpaired) electrons. The highest BCUT2D eigenvalue weighted by Gasteiger charge is 2.42. The Hall–Kier alpha value is -2.28. The maximum atomic E-state index is 13.1. The fraction of sp³-hybridized carbons (Fsp3) is 0.333. The lowest BCUT2D eigenvalue weighted by atomic mass is 10.1. The summed E-state index contributed by atoms with van der Waals surface area (Å²) >= 11 is 0. The number of aromatic nitrogens is 2. The Morgan fingerprint density at radius 3 is 2.77 bits per heavy atom. The Balaban J connectivity index is 1.58. The topological polar surface area (TPSA) is 59.0 Å². The molecular formula is C15H16F2N4O. The number of nitrogens with zero attached hydrogens (tertiary/aromatic N) is 2. The largest absolute Gasteiger partial charge is 0.325 e. The van der Waals surface area contributed by atoms with Gasteiger partial charge in [-0.1, -0.05) is 12.1 Å². The number of amides is 1. The van der Waals surface area contributed by atoms with Crippen molar-refractivity contribution in [3.05, 3.63) is 48.3 Å². The van der Waals surface area contributed by atoms with Gasteiger partial charge in [0.1, 0.15) is 0 Å². The molecule has 0 aliphatic carbocycles. The SMILES string of the molecule is O=C(Nc1ccc(Cn2cccn2)cc1)C1CC(F)(F)CN1. The summed E-state index contributed by atoms with van der Waals surface area (Å²) in [5.41, 5.74) is 1.62. The zero-order valence-electron chi connectivity index (χ0n) is 11.8. The number of benzene rings is 1. The molecule has 1 atom stereocenters. The number of halogens is 2. The molecule has 2 N–H and O–H groups in total. The Labute approximate surface area is 126 Å². The van der Waals surface area contributed by atoms with Crippen molar-refractivity contribution in [2.45, 2.75) is 24.9 Å². The summed E-state index contributed by atoms with van der Waals surface area (Å²) < 4.78 is 27.9. The van der Waals surface area contributed by atoms with E-state index in [-0.39, 0.29) is 0 Å². The molecule has 0 spiro atoms. The van der Waals surface area contributed by atoms with E-state index in [4.69, 9.17) is 0 Å². The highest BCUT2D eigenvalue weighted by atomic mass is 19.3. The summed E-state index contributed by atoms with van der Waals surface area (Å²) in [6, 6.07) is 8.24. The summed E-state index contributed by atoms with van der Waals surface area (Å²) in [5, 5.41) is 9.30. The first-order valence-electron chi connectivity index (χ1n) is 7.00. The van der Waals surface area contributed by atoms with Crippen molar-refractivity contribution >= 4 is 11.6 Å². The first-order chi connectivity index (χ1) is 10.5. The third kappa shape index (κ3) is 3.48. The molecule has 2 heterocycles. The molecular weight excluding hydrogens is 290 g/mol. The minimum absolute atomic E-state index is 0.433. The van der Waals surface area contributed by atoms with E-state index < -0.39 is 30.8 Å². The summed E-state index contributed by atoms with van der Waals surface area (Å²) in [6.45, 7) is 0.186. The maximum Gasteiger partial charge on any atom is 0.262 e. The average Bonchev–Trinajstić information content (AvgIpc) is 3.10. The van der Waals surface area contributed by atoms with Crippen LogP contribution in [-0.4, -0.2) is 34.2 Å². The minimum Gasteiger partial charge on any atom is -0.325 e.